The zero-order valence-electron chi connectivity index (χ0n) is 18.5. The van der Waals surface area contributed by atoms with E-state index in [0.29, 0.717) is 24.3 Å². The first-order valence-corrected chi connectivity index (χ1v) is 11.7. The van der Waals surface area contributed by atoms with E-state index < -0.39 is 0 Å². The third-order valence-electron chi connectivity index (χ3n) is 8.48. The van der Waals surface area contributed by atoms with Crippen LogP contribution in [-0.4, -0.2) is 61.4 Å². The highest BCUT2D eigenvalue weighted by atomic mass is 16.2. The van der Waals surface area contributed by atoms with Crippen molar-refractivity contribution in [2.45, 2.75) is 50.9 Å². The molecule has 2 amide bonds. The number of aryl methyl sites for hydroxylation is 1. The summed E-state index contributed by atoms with van der Waals surface area (Å²) in [4.78, 5) is 29.9. The van der Waals surface area contributed by atoms with Gasteiger partial charge in [0.1, 0.15) is 0 Å². The minimum absolute atomic E-state index is 0.0518. The van der Waals surface area contributed by atoms with E-state index in [1.807, 2.05) is 0 Å². The van der Waals surface area contributed by atoms with Crippen LogP contribution < -0.4 is 5.32 Å². The molecule has 5 aliphatic rings. The average Bonchev–Trinajstić information content (AvgIpc) is 2.73. The van der Waals surface area contributed by atoms with Crippen molar-refractivity contribution in [1.82, 2.24) is 15.1 Å². The van der Waals surface area contributed by atoms with E-state index in [4.69, 9.17) is 0 Å². The van der Waals surface area contributed by atoms with Crippen molar-refractivity contribution in [3.05, 3.63) is 35.4 Å². The van der Waals surface area contributed by atoms with Crippen LogP contribution in [0.2, 0.25) is 0 Å². The van der Waals surface area contributed by atoms with Gasteiger partial charge in [-0.05, 0) is 68.3 Å². The van der Waals surface area contributed by atoms with Gasteiger partial charge in [-0.1, -0.05) is 29.8 Å². The number of nitrogens with one attached hydrogen (secondary N) is 1. The Labute approximate surface area is 180 Å². The van der Waals surface area contributed by atoms with Crippen molar-refractivity contribution in [3.8, 4) is 0 Å². The summed E-state index contributed by atoms with van der Waals surface area (Å²) in [5.74, 6) is 1.86. The molecule has 1 aromatic rings. The number of hydrogen-bond donors (Lipinski definition) is 1. The molecule has 4 aliphatic carbocycles. The van der Waals surface area contributed by atoms with Crippen LogP contribution in [0.1, 0.15) is 49.7 Å². The van der Waals surface area contributed by atoms with E-state index in [9.17, 15) is 9.59 Å². The van der Waals surface area contributed by atoms with E-state index in [-0.39, 0.29) is 16.7 Å². The van der Waals surface area contributed by atoms with Gasteiger partial charge in [0, 0.05) is 33.2 Å². The highest BCUT2D eigenvalue weighted by molar-refractivity contribution is 5.84. The Balaban J connectivity index is 1.34. The van der Waals surface area contributed by atoms with Crippen molar-refractivity contribution in [2.24, 2.45) is 17.3 Å². The molecule has 4 bridgehead atoms. The Kier molecular flexibility index (Phi) is 4.92. The minimum Gasteiger partial charge on any atom is -0.358 e. The van der Waals surface area contributed by atoms with Gasteiger partial charge >= 0.3 is 0 Å². The fraction of sp³-hybridized carbons (Fsp3) is 0.680. The SMILES string of the molecule is CNC(=O)CN1CCN(C(=O)C23CC4CC(C2)CC(c2ccc(C)cc2)(C4)C3)CC1. The van der Waals surface area contributed by atoms with E-state index in [1.165, 1.54) is 30.4 Å². The van der Waals surface area contributed by atoms with Crippen molar-refractivity contribution >= 4 is 11.8 Å². The molecule has 30 heavy (non-hydrogen) atoms. The Bertz CT molecular complexity index is 811. The van der Waals surface area contributed by atoms with Crippen LogP contribution in [0, 0.1) is 24.2 Å². The van der Waals surface area contributed by atoms with Gasteiger partial charge in [-0.25, -0.2) is 0 Å². The fourth-order valence-corrected chi connectivity index (χ4v) is 7.48. The minimum atomic E-state index is -0.155. The van der Waals surface area contributed by atoms with Gasteiger partial charge in [-0.3, -0.25) is 14.5 Å². The smallest absolute Gasteiger partial charge is 0.233 e. The summed E-state index contributed by atoms with van der Waals surface area (Å²) in [5.41, 5.74) is 2.82. The predicted octanol–water partition coefficient (Wildman–Crippen LogP) is 2.72. The maximum absolute atomic E-state index is 13.9. The van der Waals surface area contributed by atoms with Crippen LogP contribution >= 0.6 is 0 Å². The normalized spacial score (nSPS) is 35.5. The molecule has 0 radical (unpaired) electrons. The van der Waals surface area contributed by atoms with Gasteiger partial charge < -0.3 is 10.2 Å². The molecule has 0 spiro atoms. The van der Waals surface area contributed by atoms with Crippen LogP contribution in [0.25, 0.3) is 0 Å². The van der Waals surface area contributed by atoms with Gasteiger partial charge in [0.15, 0.2) is 0 Å². The van der Waals surface area contributed by atoms with Gasteiger partial charge in [0.05, 0.1) is 12.0 Å². The second-order valence-electron chi connectivity index (χ2n) is 10.6. The first-order chi connectivity index (χ1) is 14.4. The van der Waals surface area contributed by atoms with Crippen molar-refractivity contribution in [2.75, 3.05) is 39.8 Å². The molecule has 5 heteroatoms. The number of benzene rings is 1. The molecule has 1 aliphatic heterocycles. The van der Waals surface area contributed by atoms with Crippen molar-refractivity contribution in [1.29, 1.82) is 0 Å². The molecule has 4 saturated carbocycles. The molecular formula is C25H35N3O2. The average molecular weight is 410 g/mol. The zero-order chi connectivity index (χ0) is 20.9. The standard InChI is InChI=1S/C25H35N3O2/c1-18-3-5-21(6-4-18)24-12-19-11-20(13-24)15-25(14-19,17-24)23(30)28-9-7-27(8-10-28)16-22(29)26-2/h3-6,19-20H,7-17H2,1-2H3,(H,26,29). The molecule has 5 fully saturated rings. The first kappa shape index (κ1) is 20.0. The first-order valence-electron chi connectivity index (χ1n) is 11.7. The van der Waals surface area contributed by atoms with Gasteiger partial charge in [-0.15, -0.1) is 0 Å². The molecule has 1 aromatic carbocycles. The summed E-state index contributed by atoms with van der Waals surface area (Å²) in [6.07, 6.45) is 7.07. The summed E-state index contributed by atoms with van der Waals surface area (Å²) in [7, 11) is 1.68. The highest BCUT2D eigenvalue weighted by Gasteiger charge is 2.61. The molecular weight excluding hydrogens is 374 g/mol. The number of likely N-dealkylation sites (N-methyl/N-ethyl adjacent to an activating group) is 1. The van der Waals surface area contributed by atoms with E-state index >= 15 is 0 Å². The van der Waals surface area contributed by atoms with Crippen LogP contribution in [0.4, 0.5) is 0 Å². The molecule has 1 heterocycles. The van der Waals surface area contributed by atoms with Crippen LogP contribution in [-0.2, 0) is 15.0 Å². The van der Waals surface area contributed by atoms with Crippen molar-refractivity contribution in [3.63, 3.8) is 0 Å². The molecule has 5 nitrogen and oxygen atoms in total. The number of rotatable bonds is 4. The lowest BCUT2D eigenvalue weighted by Gasteiger charge is -2.62. The number of hydrogen-bond acceptors (Lipinski definition) is 3. The molecule has 6 rings (SSSR count). The number of carbonyl (C=O) groups is 2. The van der Waals surface area contributed by atoms with Crippen LogP contribution in [0.3, 0.4) is 0 Å². The summed E-state index contributed by atoms with van der Waals surface area (Å²) in [5, 5.41) is 2.70. The van der Waals surface area contributed by atoms with Crippen LogP contribution in [0.15, 0.2) is 24.3 Å². The molecule has 1 N–H and O–H groups in total. The monoisotopic (exact) mass is 409 g/mol. The van der Waals surface area contributed by atoms with Gasteiger partial charge in [0.25, 0.3) is 0 Å². The Morgan fingerprint density at radius 2 is 1.63 bits per heavy atom. The predicted molar refractivity (Wildman–Crippen MR) is 117 cm³/mol. The topological polar surface area (TPSA) is 52.7 Å². The third kappa shape index (κ3) is 3.35. The van der Waals surface area contributed by atoms with E-state index in [2.05, 4.69) is 46.3 Å². The van der Waals surface area contributed by atoms with Gasteiger partial charge in [0.2, 0.25) is 11.8 Å². The van der Waals surface area contributed by atoms with E-state index in [1.54, 1.807) is 7.05 Å². The second-order valence-corrected chi connectivity index (χ2v) is 10.6. The summed E-state index contributed by atoms with van der Waals surface area (Å²) < 4.78 is 0. The maximum atomic E-state index is 13.9. The zero-order valence-corrected chi connectivity index (χ0v) is 18.5. The Morgan fingerprint density at radius 3 is 2.23 bits per heavy atom. The lowest BCUT2D eigenvalue weighted by atomic mass is 9.42. The fourth-order valence-electron chi connectivity index (χ4n) is 7.48. The molecule has 2 unspecified atom stereocenters. The number of amides is 2. The van der Waals surface area contributed by atoms with Crippen LogP contribution in [0.5, 0.6) is 0 Å². The maximum Gasteiger partial charge on any atom is 0.233 e. The third-order valence-corrected chi connectivity index (χ3v) is 8.48. The largest absolute Gasteiger partial charge is 0.358 e. The lowest BCUT2D eigenvalue weighted by Crippen LogP contribution is -2.61. The lowest BCUT2D eigenvalue weighted by molar-refractivity contribution is -0.162. The second kappa shape index (κ2) is 7.37. The molecule has 0 aromatic heterocycles. The Morgan fingerprint density at radius 1 is 1.00 bits per heavy atom. The molecule has 1 saturated heterocycles. The summed E-state index contributed by atoms with van der Waals surface area (Å²) >= 11 is 0. The number of piperazine rings is 1. The molecule has 162 valence electrons. The number of carbonyl (C=O) groups excluding carboxylic acids is 2. The molecule has 2 atom stereocenters. The van der Waals surface area contributed by atoms with E-state index in [0.717, 1.165) is 45.4 Å². The number of nitrogens with zero attached hydrogens (tertiary/aromatic N) is 2. The quantitative estimate of drug-likeness (QED) is 0.832. The Hall–Kier alpha value is -1.88. The summed E-state index contributed by atoms with van der Waals surface area (Å²) in [6.45, 7) is 5.69. The highest BCUT2D eigenvalue weighted by Crippen LogP contribution is 2.66. The summed E-state index contributed by atoms with van der Waals surface area (Å²) in [6, 6.07) is 9.15. The van der Waals surface area contributed by atoms with Crippen molar-refractivity contribution < 1.29 is 9.59 Å². The van der Waals surface area contributed by atoms with Gasteiger partial charge in [-0.2, -0.15) is 0 Å².